The zero-order chi connectivity index (χ0) is 85.4. The Bertz CT molecular complexity index is 4020. The van der Waals surface area contributed by atoms with E-state index < -0.39 is 143 Å². The van der Waals surface area contributed by atoms with Crippen LogP contribution in [-0.4, -0.2) is 107 Å². The molecule has 0 aromatic heterocycles. The molecule has 0 saturated carbocycles. The van der Waals surface area contributed by atoms with Crippen LogP contribution >= 0.6 is 0 Å². The normalized spacial score (nSPS) is 15.2. The van der Waals surface area contributed by atoms with Gasteiger partial charge in [-0.2, -0.15) is 0 Å². The highest BCUT2D eigenvalue weighted by Gasteiger charge is 2.42. The van der Waals surface area contributed by atoms with E-state index in [-0.39, 0.29) is 142 Å². The molecular formula is C96H124N4O16. The van der Waals surface area contributed by atoms with E-state index in [0.29, 0.717) is 22.3 Å². The maximum absolute atomic E-state index is 15.1. The fraction of sp³-hybridized carbons (Fsp3) is 0.458. The van der Waals surface area contributed by atoms with Crippen LogP contribution in [0.15, 0.2) is 146 Å². The maximum Gasteiger partial charge on any atom is 0.410 e. The molecule has 8 aromatic carbocycles. The van der Waals surface area contributed by atoms with Crippen molar-refractivity contribution in [1.29, 1.82) is 0 Å². The Balaban J connectivity index is 1.55. The Labute approximate surface area is 686 Å². The first kappa shape index (κ1) is 89.2. The predicted octanol–water partition coefficient (Wildman–Crippen LogP) is 22.1. The number of hydrogen-bond acceptors (Lipinski definition) is 16. The molecular weight excluding hydrogens is 1470 g/mol. The number of carbonyl (C=O) groups excluding carboxylic acids is 4. The van der Waals surface area contributed by atoms with E-state index in [2.05, 4.69) is 0 Å². The summed E-state index contributed by atoms with van der Waals surface area (Å²) >= 11 is 0. The maximum atomic E-state index is 15.1. The summed E-state index contributed by atoms with van der Waals surface area (Å²) in [5.41, 5.74) is -0.922. The van der Waals surface area contributed by atoms with Crippen LogP contribution < -0.4 is 0 Å². The predicted molar refractivity (Wildman–Crippen MR) is 452 cm³/mol. The molecule has 0 heterocycles. The third-order valence-electron chi connectivity index (χ3n) is 20.4. The number of amides is 4. The van der Waals surface area contributed by atoms with E-state index in [4.69, 9.17) is 18.9 Å². The Kier molecular flexibility index (Phi) is 28.5. The number of benzene rings is 8. The zero-order valence-corrected chi connectivity index (χ0v) is 71.6. The van der Waals surface area contributed by atoms with Gasteiger partial charge in [-0.05, 0) is 179 Å². The van der Waals surface area contributed by atoms with Gasteiger partial charge >= 0.3 is 24.4 Å². The zero-order valence-electron chi connectivity index (χ0n) is 71.6. The Morgan fingerprint density at radius 3 is 0.543 bits per heavy atom. The van der Waals surface area contributed by atoms with Gasteiger partial charge in [0.2, 0.25) is 0 Å². The molecule has 20 heteroatoms. The highest BCUT2D eigenvalue weighted by atomic mass is 16.6. The number of phenols is 8. The molecule has 0 saturated heterocycles. The van der Waals surface area contributed by atoms with Crippen LogP contribution in [0.1, 0.15) is 277 Å². The smallest absolute Gasteiger partial charge is 0.410 e. The average molecular weight is 1590 g/mol. The lowest BCUT2D eigenvalue weighted by Gasteiger charge is -2.34. The third-order valence-corrected chi connectivity index (χ3v) is 20.4. The molecule has 1 aliphatic rings. The number of fused-ring (bicyclic) bond motifs is 8. The van der Waals surface area contributed by atoms with Crippen LogP contribution in [0.2, 0.25) is 0 Å². The summed E-state index contributed by atoms with van der Waals surface area (Å²) in [6.45, 7) is 34.3. The quantitative estimate of drug-likeness (QED) is 0.0261. The second kappa shape index (κ2) is 37.0. The number of rotatable bonds is 24. The summed E-state index contributed by atoms with van der Waals surface area (Å²) in [6, 6.07) is 43.3. The SMILES string of the molecule is CC(C)CC1c2cc(c(O)c(CN(Cc3ccccc3)C(=O)OC(C)(C)C)c2O)C(CC(C)C)c2cc(c(O)c(CN(Cc3ccccc3)C(=O)OC(C)(C)C)c2O)C(CC(C)C)c2cc(c(O)c(CN(Cc3ccccc3)C(=O)OC(C)(C)C)c2O)C(CC(C)C)c2cc1c(O)c(CN(Cc1ccccc1)C(=O)OC(C)(C)C)c2O. The van der Waals surface area contributed by atoms with Crippen LogP contribution in [-0.2, 0) is 71.3 Å². The van der Waals surface area contributed by atoms with Gasteiger partial charge in [0.15, 0.2) is 0 Å². The molecule has 116 heavy (non-hydrogen) atoms. The molecule has 0 spiro atoms. The molecule has 0 atom stereocenters. The topological polar surface area (TPSA) is 280 Å². The van der Waals surface area contributed by atoms with Crippen molar-refractivity contribution in [2.75, 3.05) is 0 Å². The molecule has 0 unspecified atom stereocenters. The lowest BCUT2D eigenvalue weighted by atomic mass is 9.73. The number of aromatic hydroxyl groups is 8. The fourth-order valence-electron chi connectivity index (χ4n) is 15.4. The van der Waals surface area contributed by atoms with Gasteiger partial charge in [-0.1, -0.05) is 177 Å². The van der Waals surface area contributed by atoms with E-state index in [1.807, 2.05) is 177 Å². The number of nitrogens with zero attached hydrogens (tertiary/aromatic N) is 4. The first-order chi connectivity index (χ1) is 54.3. The third kappa shape index (κ3) is 22.9. The van der Waals surface area contributed by atoms with E-state index in [1.54, 1.807) is 107 Å². The van der Waals surface area contributed by atoms with Gasteiger partial charge in [0.25, 0.3) is 0 Å². The van der Waals surface area contributed by atoms with Crippen molar-refractivity contribution in [3.63, 3.8) is 0 Å². The highest BCUT2D eigenvalue weighted by molar-refractivity contribution is 5.74. The van der Waals surface area contributed by atoms with Crippen LogP contribution in [0.4, 0.5) is 19.2 Å². The Morgan fingerprint density at radius 1 is 0.267 bits per heavy atom. The molecule has 0 aliphatic heterocycles. The van der Waals surface area contributed by atoms with Gasteiger partial charge in [0.1, 0.15) is 68.4 Å². The van der Waals surface area contributed by atoms with Crippen LogP contribution in [0.5, 0.6) is 46.0 Å². The van der Waals surface area contributed by atoms with E-state index in [1.165, 1.54) is 19.6 Å². The summed E-state index contributed by atoms with van der Waals surface area (Å²) < 4.78 is 24.6. The van der Waals surface area contributed by atoms with Crippen molar-refractivity contribution in [2.24, 2.45) is 23.7 Å². The van der Waals surface area contributed by atoms with Crippen molar-refractivity contribution in [2.45, 2.75) is 263 Å². The number of phenolic OH excluding ortho intramolecular Hbond substituents is 8. The Morgan fingerprint density at radius 2 is 0.414 bits per heavy atom. The summed E-state index contributed by atoms with van der Waals surface area (Å²) in [5.74, 6) is -9.59. The number of carbonyl (C=O) groups is 4. The van der Waals surface area contributed by atoms with Gasteiger partial charge in [-0.3, -0.25) is 19.6 Å². The van der Waals surface area contributed by atoms with Crippen LogP contribution in [0.3, 0.4) is 0 Å². The van der Waals surface area contributed by atoms with Crippen molar-refractivity contribution in [3.8, 4) is 46.0 Å². The Hall–Kier alpha value is -10.8. The van der Waals surface area contributed by atoms with Gasteiger partial charge in [-0.25, -0.2) is 19.2 Å². The van der Waals surface area contributed by atoms with Crippen molar-refractivity contribution in [1.82, 2.24) is 19.6 Å². The van der Waals surface area contributed by atoms with E-state index in [0.717, 1.165) is 0 Å². The minimum absolute atomic E-state index is 0.0771. The second-order valence-corrected chi connectivity index (χ2v) is 36.9. The molecule has 0 fully saturated rings. The first-order valence-corrected chi connectivity index (χ1v) is 40.6. The molecule has 4 amide bonds. The van der Waals surface area contributed by atoms with Crippen molar-refractivity contribution < 1.29 is 79.0 Å². The van der Waals surface area contributed by atoms with E-state index >= 15 is 19.2 Å². The number of hydrogen-bond donors (Lipinski definition) is 8. The lowest BCUT2D eigenvalue weighted by molar-refractivity contribution is 0.0204. The van der Waals surface area contributed by atoms with Crippen molar-refractivity contribution in [3.05, 3.63) is 235 Å². The highest BCUT2D eigenvalue weighted by Crippen LogP contribution is 2.57. The molecule has 8 N–H and O–H groups in total. The first-order valence-electron chi connectivity index (χ1n) is 40.6. The summed E-state index contributed by atoms with van der Waals surface area (Å²) in [6.07, 6.45) is -2.67. The molecule has 8 aromatic rings. The second-order valence-electron chi connectivity index (χ2n) is 36.9. The van der Waals surface area contributed by atoms with Crippen LogP contribution in [0.25, 0.3) is 0 Å². The number of ether oxygens (including phenoxy) is 4. The standard InChI is InChI=1S/C96H124N4O16/c1-57(2)41-65-69-45-71(83(103)77(81(69)101)53-97(89(109)113-93(9,10)11)49-61-33-25-21-26-34-61)66(42-58(3)4)73-47-75(87(107)79(85(73)105)55-99(91(111)115-95(15,16)17)51-63-37-29-23-30-38-63)68(44-60(7)8)76-48-74(86(106)80(88(76)108)56-100(92(112)116-96(18,19)20)52-64-39-31-24-32-40-64)67(43-59(5)6)72-46-70(65)82(102)78(84(72)104)54-98(90(110)114-94(12,13)14)50-62-35-27-22-28-36-62/h21-40,45-48,57-60,65-68,101-108H,41-44,49-56H2,1-20H3. The van der Waals surface area contributed by atoms with Crippen molar-refractivity contribution >= 4 is 24.4 Å². The molecule has 1 aliphatic carbocycles. The largest absolute Gasteiger partial charge is 0.507 e. The van der Waals surface area contributed by atoms with Crippen LogP contribution in [0, 0.1) is 23.7 Å². The monoisotopic (exact) mass is 1590 g/mol. The molecule has 624 valence electrons. The van der Waals surface area contributed by atoms with Gasteiger partial charge in [0, 0.05) is 94.4 Å². The van der Waals surface area contributed by atoms with Gasteiger partial charge < -0.3 is 59.8 Å². The van der Waals surface area contributed by atoms with Gasteiger partial charge in [0.05, 0.1) is 48.4 Å². The summed E-state index contributed by atoms with van der Waals surface area (Å²) in [7, 11) is 0. The fourth-order valence-corrected chi connectivity index (χ4v) is 15.4. The van der Waals surface area contributed by atoms with Gasteiger partial charge in [-0.15, -0.1) is 0 Å². The molecule has 8 bridgehead atoms. The summed E-state index contributed by atoms with van der Waals surface area (Å²) in [4.78, 5) is 65.8. The summed E-state index contributed by atoms with van der Waals surface area (Å²) in [5, 5.41) is 111. The minimum Gasteiger partial charge on any atom is -0.507 e. The lowest BCUT2D eigenvalue weighted by Crippen LogP contribution is -2.36. The molecule has 20 nitrogen and oxygen atoms in total. The minimum atomic E-state index is -1.15. The molecule has 0 radical (unpaired) electrons. The average Bonchev–Trinajstić information content (AvgIpc) is 0.733. The van der Waals surface area contributed by atoms with E-state index in [9.17, 15) is 40.9 Å². The molecule has 9 rings (SSSR count).